The number of methoxy groups -OCH3 is 2. The average molecular weight is 284 g/mol. The van der Waals surface area contributed by atoms with Crippen LogP contribution in [0.2, 0.25) is 0 Å². The zero-order chi connectivity index (χ0) is 14.8. The van der Waals surface area contributed by atoms with Gasteiger partial charge in [0.15, 0.2) is 11.5 Å². The van der Waals surface area contributed by atoms with E-state index in [2.05, 4.69) is 4.98 Å². The number of pyridine rings is 1. The van der Waals surface area contributed by atoms with Gasteiger partial charge in [0.25, 0.3) is 5.91 Å². The number of rotatable bonds is 3. The lowest BCUT2D eigenvalue weighted by atomic mass is 10.1. The number of aromatic nitrogens is 1. The number of carbonyl (C=O) groups excluding carboxylic acids is 1. The van der Waals surface area contributed by atoms with Gasteiger partial charge in [0.05, 0.1) is 19.9 Å². The van der Waals surface area contributed by atoms with Gasteiger partial charge in [-0.2, -0.15) is 0 Å². The maximum absolute atomic E-state index is 12.6. The summed E-state index contributed by atoms with van der Waals surface area (Å²) < 4.78 is 10.6. The normalized spacial score (nSPS) is 13.0. The summed E-state index contributed by atoms with van der Waals surface area (Å²) in [5.41, 5.74) is 2.39. The van der Waals surface area contributed by atoms with Crippen molar-refractivity contribution in [3.8, 4) is 11.5 Å². The second kappa shape index (κ2) is 5.44. The van der Waals surface area contributed by atoms with Crippen LogP contribution < -0.4 is 14.4 Å². The van der Waals surface area contributed by atoms with Crippen LogP contribution in [0, 0.1) is 0 Å². The number of ether oxygens (including phenoxy) is 2. The van der Waals surface area contributed by atoms with E-state index >= 15 is 0 Å². The van der Waals surface area contributed by atoms with Crippen LogP contribution in [0.3, 0.4) is 0 Å². The predicted molar refractivity (Wildman–Crippen MR) is 79.2 cm³/mol. The largest absolute Gasteiger partial charge is 0.493 e. The Balaban J connectivity index is 1.98. The van der Waals surface area contributed by atoms with Crippen molar-refractivity contribution in [2.75, 3.05) is 25.7 Å². The van der Waals surface area contributed by atoms with Gasteiger partial charge in [0, 0.05) is 18.8 Å². The summed E-state index contributed by atoms with van der Waals surface area (Å²) in [7, 11) is 3.19. The first-order chi connectivity index (χ1) is 10.2. The first-order valence-corrected chi connectivity index (χ1v) is 6.72. The van der Waals surface area contributed by atoms with Crippen molar-refractivity contribution in [1.29, 1.82) is 0 Å². The van der Waals surface area contributed by atoms with Crippen molar-refractivity contribution in [2.45, 2.75) is 6.42 Å². The lowest BCUT2D eigenvalue weighted by Gasteiger charge is -2.18. The van der Waals surface area contributed by atoms with Crippen LogP contribution in [0.5, 0.6) is 11.5 Å². The van der Waals surface area contributed by atoms with Gasteiger partial charge in [-0.15, -0.1) is 0 Å². The Labute approximate surface area is 123 Å². The molecule has 0 bridgehead atoms. The molecule has 0 radical (unpaired) electrons. The quantitative estimate of drug-likeness (QED) is 0.868. The SMILES string of the molecule is COc1cc2c(cc1OC)N(C(=O)c1ccccn1)CC2. The first-order valence-electron chi connectivity index (χ1n) is 6.72. The van der Waals surface area contributed by atoms with Gasteiger partial charge < -0.3 is 14.4 Å². The van der Waals surface area contributed by atoms with Crippen LogP contribution in [0.1, 0.15) is 16.1 Å². The molecule has 0 spiro atoms. The minimum Gasteiger partial charge on any atom is -0.493 e. The van der Waals surface area contributed by atoms with E-state index in [0.29, 0.717) is 23.7 Å². The molecule has 3 rings (SSSR count). The number of benzene rings is 1. The average Bonchev–Trinajstić information content (AvgIpc) is 2.96. The number of carbonyl (C=O) groups is 1. The molecule has 1 aliphatic heterocycles. The van der Waals surface area contributed by atoms with E-state index in [1.807, 2.05) is 18.2 Å². The number of fused-ring (bicyclic) bond motifs is 1. The van der Waals surface area contributed by atoms with Crippen molar-refractivity contribution in [2.24, 2.45) is 0 Å². The highest BCUT2D eigenvalue weighted by Crippen LogP contribution is 2.38. The molecule has 0 atom stereocenters. The number of anilines is 1. The minimum absolute atomic E-state index is 0.0958. The van der Waals surface area contributed by atoms with Crippen molar-refractivity contribution in [1.82, 2.24) is 4.98 Å². The maximum atomic E-state index is 12.6. The first kappa shape index (κ1) is 13.4. The van der Waals surface area contributed by atoms with E-state index in [-0.39, 0.29) is 5.91 Å². The van der Waals surface area contributed by atoms with E-state index in [1.54, 1.807) is 37.4 Å². The van der Waals surface area contributed by atoms with E-state index < -0.39 is 0 Å². The van der Waals surface area contributed by atoms with Crippen LogP contribution in [0.25, 0.3) is 0 Å². The van der Waals surface area contributed by atoms with Crippen molar-refractivity contribution in [3.05, 3.63) is 47.8 Å². The molecule has 1 aliphatic rings. The fourth-order valence-corrected chi connectivity index (χ4v) is 2.55. The van der Waals surface area contributed by atoms with Crippen molar-refractivity contribution >= 4 is 11.6 Å². The third-order valence-corrected chi connectivity index (χ3v) is 3.61. The Hall–Kier alpha value is -2.56. The summed E-state index contributed by atoms with van der Waals surface area (Å²) in [5.74, 6) is 1.21. The number of hydrogen-bond donors (Lipinski definition) is 0. The topological polar surface area (TPSA) is 51.7 Å². The molecular formula is C16H16N2O3. The molecule has 0 unspecified atom stereocenters. The Kier molecular flexibility index (Phi) is 3.48. The molecule has 0 saturated carbocycles. The Bertz CT molecular complexity index is 671. The third kappa shape index (κ3) is 2.31. The molecule has 2 aromatic rings. The molecule has 1 aromatic heterocycles. The zero-order valence-electron chi connectivity index (χ0n) is 12.0. The van der Waals surface area contributed by atoms with Gasteiger partial charge >= 0.3 is 0 Å². The summed E-state index contributed by atoms with van der Waals surface area (Å²) in [5, 5.41) is 0. The number of nitrogens with zero attached hydrogens (tertiary/aromatic N) is 2. The summed E-state index contributed by atoms with van der Waals surface area (Å²) in [6.45, 7) is 0.640. The molecule has 5 heteroatoms. The van der Waals surface area contributed by atoms with E-state index in [9.17, 15) is 4.79 Å². The molecule has 1 amide bonds. The van der Waals surface area contributed by atoms with Crippen LogP contribution in [-0.2, 0) is 6.42 Å². The second-order valence-electron chi connectivity index (χ2n) is 4.76. The van der Waals surface area contributed by atoms with Gasteiger partial charge in [-0.25, -0.2) is 0 Å². The predicted octanol–water partition coefficient (Wildman–Crippen LogP) is 2.30. The highest BCUT2D eigenvalue weighted by molar-refractivity contribution is 6.06. The lowest BCUT2D eigenvalue weighted by Crippen LogP contribution is -2.29. The van der Waals surface area contributed by atoms with E-state index in [1.165, 1.54) is 0 Å². The highest BCUT2D eigenvalue weighted by Gasteiger charge is 2.28. The summed E-state index contributed by atoms with van der Waals surface area (Å²) >= 11 is 0. The zero-order valence-corrected chi connectivity index (χ0v) is 12.0. The molecule has 2 heterocycles. The molecule has 0 N–H and O–H groups in total. The third-order valence-electron chi connectivity index (χ3n) is 3.61. The fraction of sp³-hybridized carbons (Fsp3) is 0.250. The van der Waals surface area contributed by atoms with Crippen molar-refractivity contribution in [3.63, 3.8) is 0 Å². The summed E-state index contributed by atoms with van der Waals surface area (Å²) in [6, 6.07) is 9.11. The Morgan fingerprint density at radius 1 is 1.19 bits per heavy atom. The molecule has 0 aliphatic carbocycles. The van der Waals surface area contributed by atoms with Crippen LogP contribution in [0.15, 0.2) is 36.5 Å². The Morgan fingerprint density at radius 3 is 2.62 bits per heavy atom. The van der Waals surface area contributed by atoms with Gasteiger partial charge in [-0.05, 0) is 30.2 Å². The summed E-state index contributed by atoms with van der Waals surface area (Å²) in [6.07, 6.45) is 2.42. The van der Waals surface area contributed by atoms with Crippen LogP contribution in [0.4, 0.5) is 5.69 Å². The van der Waals surface area contributed by atoms with Gasteiger partial charge in [0.2, 0.25) is 0 Å². The lowest BCUT2D eigenvalue weighted by molar-refractivity contribution is 0.0984. The number of amides is 1. The Morgan fingerprint density at radius 2 is 1.95 bits per heavy atom. The van der Waals surface area contributed by atoms with Gasteiger partial charge in [0.1, 0.15) is 5.69 Å². The standard InChI is InChI=1S/C16H16N2O3/c1-20-14-9-11-6-8-18(13(11)10-15(14)21-2)16(19)12-5-3-4-7-17-12/h3-5,7,9-10H,6,8H2,1-2H3. The molecular weight excluding hydrogens is 268 g/mol. The molecule has 5 nitrogen and oxygen atoms in total. The van der Waals surface area contributed by atoms with Gasteiger partial charge in [-0.3, -0.25) is 9.78 Å². The molecule has 21 heavy (non-hydrogen) atoms. The molecule has 0 fully saturated rings. The highest BCUT2D eigenvalue weighted by atomic mass is 16.5. The minimum atomic E-state index is -0.0958. The second-order valence-corrected chi connectivity index (χ2v) is 4.76. The molecule has 1 aromatic carbocycles. The van der Waals surface area contributed by atoms with Crippen LogP contribution in [-0.4, -0.2) is 31.7 Å². The summed E-state index contributed by atoms with van der Waals surface area (Å²) in [4.78, 5) is 18.4. The van der Waals surface area contributed by atoms with Gasteiger partial charge in [-0.1, -0.05) is 6.07 Å². The molecule has 108 valence electrons. The smallest absolute Gasteiger partial charge is 0.276 e. The van der Waals surface area contributed by atoms with E-state index in [0.717, 1.165) is 17.7 Å². The monoisotopic (exact) mass is 284 g/mol. The van der Waals surface area contributed by atoms with Crippen molar-refractivity contribution < 1.29 is 14.3 Å². The van der Waals surface area contributed by atoms with E-state index in [4.69, 9.17) is 9.47 Å². The van der Waals surface area contributed by atoms with Crippen LogP contribution >= 0.6 is 0 Å². The fourth-order valence-electron chi connectivity index (χ4n) is 2.55. The maximum Gasteiger partial charge on any atom is 0.276 e. The number of hydrogen-bond acceptors (Lipinski definition) is 4. The molecule has 0 saturated heterocycles.